The lowest BCUT2D eigenvalue weighted by Gasteiger charge is -2.16. The molecule has 0 fully saturated rings. The van der Waals surface area contributed by atoms with E-state index in [2.05, 4.69) is 30.8 Å². The number of aromatic nitrogens is 4. The van der Waals surface area contributed by atoms with Crippen molar-refractivity contribution < 1.29 is 4.39 Å². The van der Waals surface area contributed by atoms with Gasteiger partial charge in [-0.2, -0.15) is 15.1 Å². The molecule has 0 radical (unpaired) electrons. The molecule has 108 valence electrons. The molecule has 0 amide bonds. The molecule has 1 aromatic carbocycles. The van der Waals surface area contributed by atoms with Crippen LogP contribution < -0.4 is 10.6 Å². The number of nitrogens with zero attached hydrogens (tertiary/aromatic N) is 3. The third-order valence-corrected chi connectivity index (χ3v) is 3.26. The van der Waals surface area contributed by atoms with Gasteiger partial charge >= 0.3 is 0 Å². The van der Waals surface area contributed by atoms with Gasteiger partial charge in [-0.05, 0) is 13.0 Å². The maximum Gasteiger partial charge on any atom is 0.226 e. The van der Waals surface area contributed by atoms with Gasteiger partial charge in [0.25, 0.3) is 0 Å². The second kappa shape index (κ2) is 5.35. The van der Waals surface area contributed by atoms with E-state index in [4.69, 9.17) is 0 Å². The van der Waals surface area contributed by atoms with Crippen LogP contribution in [0.4, 0.5) is 16.2 Å². The molecule has 6 nitrogen and oxygen atoms in total. The zero-order valence-electron chi connectivity index (χ0n) is 11.7. The van der Waals surface area contributed by atoms with Crippen LogP contribution in [0.2, 0.25) is 0 Å². The molecule has 3 N–H and O–H groups in total. The summed E-state index contributed by atoms with van der Waals surface area (Å²) in [6.07, 6.45) is 1.64. The van der Waals surface area contributed by atoms with Crippen LogP contribution in [0.5, 0.6) is 0 Å². The summed E-state index contributed by atoms with van der Waals surface area (Å²) in [7, 11) is 1.74. The molecule has 3 rings (SSSR count). The predicted octanol–water partition coefficient (Wildman–Crippen LogP) is 2.71. The van der Waals surface area contributed by atoms with Gasteiger partial charge in [0.15, 0.2) is 5.65 Å². The number of aromatic amines is 1. The minimum Gasteiger partial charge on any atom is -0.363 e. The third-order valence-electron chi connectivity index (χ3n) is 3.26. The molecule has 2 aromatic heterocycles. The van der Waals surface area contributed by atoms with Gasteiger partial charge in [0.05, 0.1) is 17.6 Å². The van der Waals surface area contributed by atoms with E-state index < -0.39 is 0 Å². The Bertz CT molecular complexity index is 769. The summed E-state index contributed by atoms with van der Waals surface area (Å²) in [5.41, 5.74) is 1.20. The van der Waals surface area contributed by atoms with Crippen molar-refractivity contribution in [3.05, 3.63) is 41.8 Å². The topological polar surface area (TPSA) is 78.5 Å². The quantitative estimate of drug-likeness (QED) is 0.687. The van der Waals surface area contributed by atoms with Crippen LogP contribution in [0.25, 0.3) is 11.0 Å². The van der Waals surface area contributed by atoms with Crippen molar-refractivity contribution in [2.24, 2.45) is 0 Å². The van der Waals surface area contributed by atoms with Gasteiger partial charge in [-0.15, -0.1) is 0 Å². The zero-order valence-corrected chi connectivity index (χ0v) is 11.7. The van der Waals surface area contributed by atoms with E-state index in [0.717, 1.165) is 5.39 Å². The van der Waals surface area contributed by atoms with Gasteiger partial charge in [-0.25, -0.2) is 4.39 Å². The average molecular weight is 286 g/mol. The normalized spacial score (nSPS) is 12.3. The Hall–Kier alpha value is -2.70. The molecule has 0 bridgehead atoms. The first-order valence-corrected chi connectivity index (χ1v) is 6.59. The van der Waals surface area contributed by atoms with Crippen molar-refractivity contribution in [1.82, 2.24) is 20.2 Å². The van der Waals surface area contributed by atoms with Crippen LogP contribution in [0.3, 0.4) is 0 Å². The zero-order chi connectivity index (χ0) is 14.8. The lowest BCUT2D eigenvalue weighted by molar-refractivity contribution is 0.600. The Balaban J connectivity index is 1.97. The number of rotatable bonds is 4. The van der Waals surface area contributed by atoms with Crippen molar-refractivity contribution in [2.45, 2.75) is 13.0 Å². The first-order chi connectivity index (χ1) is 10.2. The lowest BCUT2D eigenvalue weighted by atomic mass is 10.1. The van der Waals surface area contributed by atoms with Gasteiger partial charge < -0.3 is 10.6 Å². The van der Waals surface area contributed by atoms with Gasteiger partial charge in [0, 0.05) is 12.6 Å². The summed E-state index contributed by atoms with van der Waals surface area (Å²) < 4.78 is 13.8. The van der Waals surface area contributed by atoms with Crippen molar-refractivity contribution in [3.8, 4) is 0 Å². The van der Waals surface area contributed by atoms with Crippen LogP contribution in [-0.4, -0.2) is 27.2 Å². The van der Waals surface area contributed by atoms with Crippen molar-refractivity contribution in [1.29, 1.82) is 0 Å². The largest absolute Gasteiger partial charge is 0.363 e. The lowest BCUT2D eigenvalue weighted by Crippen LogP contribution is -2.11. The molecular formula is C14H15FN6. The van der Waals surface area contributed by atoms with E-state index in [0.29, 0.717) is 23.0 Å². The van der Waals surface area contributed by atoms with E-state index in [1.54, 1.807) is 25.4 Å². The van der Waals surface area contributed by atoms with Crippen LogP contribution in [0, 0.1) is 5.82 Å². The monoisotopic (exact) mass is 286 g/mol. The Labute approximate surface area is 120 Å². The van der Waals surface area contributed by atoms with E-state index in [-0.39, 0.29) is 11.9 Å². The number of anilines is 2. The highest BCUT2D eigenvalue weighted by Crippen LogP contribution is 2.25. The Morgan fingerprint density at radius 3 is 2.81 bits per heavy atom. The smallest absolute Gasteiger partial charge is 0.226 e. The molecule has 1 unspecified atom stereocenters. The SMILES string of the molecule is CNc1nc(NC(C)c2ccccc2F)c2cn[nH]c2n1. The highest BCUT2D eigenvalue weighted by molar-refractivity contribution is 5.87. The number of fused-ring (bicyclic) bond motifs is 1. The molecule has 0 aliphatic carbocycles. The first-order valence-electron chi connectivity index (χ1n) is 6.59. The fourth-order valence-corrected chi connectivity index (χ4v) is 2.17. The van der Waals surface area contributed by atoms with E-state index in [9.17, 15) is 4.39 Å². The van der Waals surface area contributed by atoms with Gasteiger partial charge in [-0.1, -0.05) is 18.2 Å². The molecule has 1 atom stereocenters. The summed E-state index contributed by atoms with van der Waals surface area (Å²) in [4.78, 5) is 8.63. The van der Waals surface area contributed by atoms with Crippen LogP contribution in [0.15, 0.2) is 30.5 Å². The van der Waals surface area contributed by atoms with Crippen molar-refractivity contribution in [2.75, 3.05) is 17.7 Å². The van der Waals surface area contributed by atoms with E-state index in [1.165, 1.54) is 6.07 Å². The molecular weight excluding hydrogens is 271 g/mol. The van der Waals surface area contributed by atoms with Crippen LogP contribution >= 0.6 is 0 Å². The summed E-state index contributed by atoms with van der Waals surface area (Å²) in [5, 5.41) is 13.6. The minimum absolute atomic E-state index is 0.232. The molecule has 2 heterocycles. The molecule has 0 aliphatic rings. The van der Waals surface area contributed by atoms with Crippen molar-refractivity contribution >= 4 is 22.8 Å². The van der Waals surface area contributed by atoms with Gasteiger partial charge in [-0.3, -0.25) is 5.10 Å². The average Bonchev–Trinajstić information content (AvgIpc) is 2.96. The summed E-state index contributed by atoms with van der Waals surface area (Å²) in [5.74, 6) is 0.827. The fraction of sp³-hybridized carbons (Fsp3) is 0.214. The Morgan fingerprint density at radius 2 is 2.05 bits per heavy atom. The van der Waals surface area contributed by atoms with E-state index >= 15 is 0 Å². The summed E-state index contributed by atoms with van der Waals surface area (Å²) in [6.45, 7) is 1.88. The molecule has 7 heteroatoms. The van der Waals surface area contributed by atoms with E-state index in [1.807, 2.05) is 13.0 Å². The number of halogens is 1. The van der Waals surface area contributed by atoms with Gasteiger partial charge in [0.1, 0.15) is 11.6 Å². The minimum atomic E-state index is -0.246. The highest BCUT2D eigenvalue weighted by Gasteiger charge is 2.14. The Kier molecular flexibility index (Phi) is 3.39. The maximum absolute atomic E-state index is 13.8. The standard InChI is InChI=1S/C14H15FN6/c1-8(9-5-3-4-6-11(9)15)18-12-10-7-17-21-13(10)20-14(16-2)19-12/h3-8H,1-2H3,(H3,16,17,18,19,20,21). The Morgan fingerprint density at radius 1 is 1.24 bits per heavy atom. The number of hydrogen-bond donors (Lipinski definition) is 3. The number of benzene rings is 1. The molecule has 3 aromatic rings. The molecule has 0 saturated heterocycles. The molecule has 0 spiro atoms. The number of hydrogen-bond acceptors (Lipinski definition) is 5. The van der Waals surface area contributed by atoms with Crippen LogP contribution in [0.1, 0.15) is 18.5 Å². The second-order valence-corrected chi connectivity index (χ2v) is 4.67. The maximum atomic E-state index is 13.8. The predicted molar refractivity (Wildman–Crippen MR) is 79.7 cm³/mol. The first kappa shape index (κ1) is 13.3. The molecule has 0 aliphatic heterocycles. The molecule has 21 heavy (non-hydrogen) atoms. The fourth-order valence-electron chi connectivity index (χ4n) is 2.17. The number of H-pyrrole nitrogens is 1. The third kappa shape index (κ3) is 2.49. The second-order valence-electron chi connectivity index (χ2n) is 4.67. The summed E-state index contributed by atoms with van der Waals surface area (Å²) in [6, 6.07) is 6.44. The summed E-state index contributed by atoms with van der Waals surface area (Å²) >= 11 is 0. The highest BCUT2D eigenvalue weighted by atomic mass is 19.1. The molecule has 0 saturated carbocycles. The number of nitrogens with one attached hydrogen (secondary N) is 3. The van der Waals surface area contributed by atoms with Crippen LogP contribution in [-0.2, 0) is 0 Å². The van der Waals surface area contributed by atoms with Gasteiger partial charge in [0.2, 0.25) is 5.95 Å². The van der Waals surface area contributed by atoms with Crippen molar-refractivity contribution in [3.63, 3.8) is 0 Å².